The molecule has 0 spiro atoms. The van der Waals surface area contributed by atoms with Gasteiger partial charge in [0.15, 0.2) is 0 Å². The third-order valence-electron chi connectivity index (χ3n) is 15.2. The number of rotatable bonds is 37. The summed E-state index contributed by atoms with van der Waals surface area (Å²) in [4.78, 5) is 51.8. The van der Waals surface area contributed by atoms with Gasteiger partial charge in [0.25, 0.3) is 0 Å². The van der Waals surface area contributed by atoms with Gasteiger partial charge in [-0.05, 0) is 133 Å². The summed E-state index contributed by atoms with van der Waals surface area (Å²) < 4.78 is 0. The zero-order valence-corrected chi connectivity index (χ0v) is 47.3. The first-order chi connectivity index (χ1) is 35.1. The molecule has 0 radical (unpaired) electrons. The smallest absolute Gasteiger partial charge is 0.303 e. The van der Waals surface area contributed by atoms with Crippen LogP contribution in [0.5, 0.6) is 0 Å². The fourth-order valence-electron chi connectivity index (χ4n) is 10.4. The first-order valence-electron chi connectivity index (χ1n) is 30.4. The lowest BCUT2D eigenvalue weighted by Crippen LogP contribution is -2.37. The van der Waals surface area contributed by atoms with Crippen molar-refractivity contribution < 1.29 is 44.4 Å². The van der Waals surface area contributed by atoms with Crippen molar-refractivity contribution in [2.45, 2.75) is 315 Å². The van der Waals surface area contributed by atoms with E-state index in [1.165, 1.54) is 148 Å². The molecule has 0 amide bonds. The Labute approximate surface area is 447 Å². The first-order valence-corrected chi connectivity index (χ1v) is 30.4. The highest BCUT2D eigenvalue weighted by Crippen LogP contribution is 2.38. The van der Waals surface area contributed by atoms with E-state index in [4.69, 9.17) is 43.4 Å². The lowest BCUT2D eigenvalue weighted by Gasteiger charge is -2.37. The molecule has 13 nitrogen and oxygen atoms in total. The number of unbranched alkanes of at least 4 members (excludes halogenated alkanes) is 25. The zero-order chi connectivity index (χ0) is 54.6. The van der Waals surface area contributed by atoms with Crippen LogP contribution in [0.25, 0.3) is 0 Å². The van der Waals surface area contributed by atoms with Crippen LogP contribution < -0.4 is 22.9 Å². The molecule has 6 unspecified atom stereocenters. The number of hydrogen-bond acceptors (Lipinski definition) is 9. The molecule has 0 heterocycles. The minimum Gasteiger partial charge on any atom is -0.481 e. The quantitative estimate of drug-likeness (QED) is 0.0213. The Morgan fingerprint density at radius 3 is 0.836 bits per heavy atom. The molecule has 0 aromatic carbocycles. The number of nitrogens with two attached hydrogens (primary N) is 4. The van der Waals surface area contributed by atoms with Crippen molar-refractivity contribution in [2.75, 3.05) is 13.1 Å². The number of carboxylic acids is 4. The topological polar surface area (TPSA) is 270 Å². The number of carbonyl (C=O) groups is 5. The maximum absolute atomic E-state index is 10.7. The molecular formula is C60H118N4O9. The fraction of sp³-hybridized carbons (Fsp3) is 0.917. The number of ketones is 1. The van der Waals surface area contributed by atoms with E-state index in [0.717, 1.165) is 152 Å². The summed E-state index contributed by atoms with van der Waals surface area (Å²) in [6.07, 6.45) is 49.1. The molecule has 432 valence electrons. The summed E-state index contributed by atoms with van der Waals surface area (Å²) >= 11 is 0. The Kier molecular flexibility index (Phi) is 53.8. The van der Waals surface area contributed by atoms with Gasteiger partial charge in [-0.3, -0.25) is 24.0 Å². The summed E-state index contributed by atoms with van der Waals surface area (Å²) in [6, 6.07) is 0.926. The SMILES string of the molecule is CC1CC(CC2CCC(N)C(C)C2)CCC1N.NCCCCCCN.O=C(O)CCCCCCCCCCC(=O)O.O=C(O)CCCCCCCCCCCCCCCCCCC(=O)O.O=C1CCCCCC1. The number of carbonyl (C=O) groups excluding carboxylic acids is 1. The van der Waals surface area contributed by atoms with Gasteiger partial charge in [-0.1, -0.05) is 168 Å². The van der Waals surface area contributed by atoms with E-state index in [1.807, 2.05) is 0 Å². The van der Waals surface area contributed by atoms with Gasteiger partial charge in [0.05, 0.1) is 0 Å². The van der Waals surface area contributed by atoms with Crippen LogP contribution in [-0.2, 0) is 24.0 Å². The predicted octanol–water partition coefficient (Wildman–Crippen LogP) is 14.5. The van der Waals surface area contributed by atoms with Crippen LogP contribution in [0.2, 0.25) is 0 Å². The van der Waals surface area contributed by atoms with E-state index in [1.54, 1.807) is 0 Å². The number of carboxylic acid groups (broad SMARTS) is 4. The lowest BCUT2D eigenvalue weighted by atomic mass is 9.71. The average Bonchev–Trinajstić information content (AvgIpc) is 3.60. The van der Waals surface area contributed by atoms with Crippen molar-refractivity contribution in [3.05, 3.63) is 0 Å². The summed E-state index contributed by atoms with van der Waals surface area (Å²) in [5.74, 6) is 1.05. The zero-order valence-electron chi connectivity index (χ0n) is 47.3. The van der Waals surface area contributed by atoms with Crippen LogP contribution in [0.4, 0.5) is 0 Å². The third kappa shape index (κ3) is 55.4. The fourth-order valence-corrected chi connectivity index (χ4v) is 10.4. The van der Waals surface area contributed by atoms with Gasteiger partial charge in [-0.15, -0.1) is 0 Å². The van der Waals surface area contributed by atoms with E-state index in [0.29, 0.717) is 30.7 Å². The van der Waals surface area contributed by atoms with Gasteiger partial charge >= 0.3 is 23.9 Å². The summed E-state index contributed by atoms with van der Waals surface area (Å²) in [5, 5.41) is 33.9. The van der Waals surface area contributed by atoms with Crippen molar-refractivity contribution in [3.8, 4) is 0 Å². The molecular weight excluding hydrogens is 921 g/mol. The largest absolute Gasteiger partial charge is 0.481 e. The molecule has 0 aliphatic heterocycles. The monoisotopic (exact) mass is 1040 g/mol. The number of aliphatic carboxylic acids is 4. The maximum atomic E-state index is 10.7. The highest BCUT2D eigenvalue weighted by atomic mass is 16.4. The van der Waals surface area contributed by atoms with Gasteiger partial charge < -0.3 is 43.4 Å². The van der Waals surface area contributed by atoms with Gasteiger partial charge in [0.1, 0.15) is 5.78 Å². The van der Waals surface area contributed by atoms with Gasteiger partial charge in [0.2, 0.25) is 0 Å². The van der Waals surface area contributed by atoms with E-state index in [9.17, 15) is 24.0 Å². The Morgan fingerprint density at radius 2 is 0.616 bits per heavy atom. The van der Waals surface area contributed by atoms with Gasteiger partial charge in [0, 0.05) is 50.6 Å². The Morgan fingerprint density at radius 1 is 0.384 bits per heavy atom. The predicted molar refractivity (Wildman–Crippen MR) is 303 cm³/mol. The second kappa shape index (κ2) is 54.2. The third-order valence-corrected chi connectivity index (χ3v) is 15.2. The molecule has 13 heteroatoms. The van der Waals surface area contributed by atoms with Crippen molar-refractivity contribution in [3.63, 3.8) is 0 Å². The van der Waals surface area contributed by atoms with Crippen LogP contribution in [0.15, 0.2) is 0 Å². The van der Waals surface area contributed by atoms with Crippen LogP contribution >= 0.6 is 0 Å². The first kappa shape index (κ1) is 72.5. The molecule has 0 saturated heterocycles. The van der Waals surface area contributed by atoms with E-state index in [-0.39, 0.29) is 12.8 Å². The minimum absolute atomic E-state index is 0.276. The molecule has 3 fully saturated rings. The highest BCUT2D eigenvalue weighted by Gasteiger charge is 2.30. The normalized spacial score (nSPS) is 20.5. The Hall–Kier alpha value is -2.61. The minimum atomic E-state index is -0.714. The van der Waals surface area contributed by atoms with Crippen LogP contribution in [0.3, 0.4) is 0 Å². The van der Waals surface area contributed by atoms with E-state index < -0.39 is 23.9 Å². The van der Waals surface area contributed by atoms with Crippen molar-refractivity contribution >= 4 is 29.7 Å². The molecule has 3 aliphatic carbocycles. The molecule has 0 aromatic rings. The molecule has 6 atom stereocenters. The molecule has 3 rings (SSSR count). The summed E-state index contributed by atoms with van der Waals surface area (Å²) in [7, 11) is 0. The maximum Gasteiger partial charge on any atom is 0.303 e. The number of hydrogen-bond donors (Lipinski definition) is 8. The van der Waals surface area contributed by atoms with Crippen LogP contribution in [-0.4, -0.2) is 75.3 Å². The second-order valence-corrected chi connectivity index (χ2v) is 22.4. The van der Waals surface area contributed by atoms with Crippen molar-refractivity contribution in [1.82, 2.24) is 0 Å². The molecule has 12 N–H and O–H groups in total. The molecule has 0 aromatic heterocycles. The summed E-state index contributed by atoms with van der Waals surface area (Å²) in [6.45, 7) is 6.31. The molecule has 3 aliphatic rings. The van der Waals surface area contributed by atoms with Gasteiger partial charge in [-0.2, -0.15) is 0 Å². The van der Waals surface area contributed by atoms with E-state index >= 15 is 0 Å². The lowest BCUT2D eigenvalue weighted by molar-refractivity contribution is -0.138. The average molecular weight is 1040 g/mol. The molecule has 0 bridgehead atoms. The van der Waals surface area contributed by atoms with Crippen molar-refractivity contribution in [1.29, 1.82) is 0 Å². The number of Topliss-reactive ketones (excluding diaryl/α,β-unsaturated/α-hetero) is 1. The Balaban J connectivity index is 0. The molecule has 73 heavy (non-hydrogen) atoms. The summed E-state index contributed by atoms with van der Waals surface area (Å²) in [5.41, 5.74) is 22.8. The second-order valence-electron chi connectivity index (χ2n) is 22.4. The van der Waals surface area contributed by atoms with E-state index in [2.05, 4.69) is 13.8 Å². The van der Waals surface area contributed by atoms with Crippen LogP contribution in [0, 0.1) is 23.7 Å². The van der Waals surface area contributed by atoms with Crippen LogP contribution in [0.1, 0.15) is 303 Å². The highest BCUT2D eigenvalue weighted by molar-refractivity contribution is 5.78. The van der Waals surface area contributed by atoms with Gasteiger partial charge in [-0.25, -0.2) is 0 Å². The Bertz CT molecular complexity index is 1200. The molecule has 3 saturated carbocycles. The standard InChI is InChI=1S/C20H38O4.C15H30N2.C12H22O4.C7H12O.C6H16N2/c21-19(22)17-15-13-11-9-7-5-3-1-2-4-6-8-10-12-14-16-18-20(23)24;1-10-7-12(3-5-14(10)16)9-13-4-6-15(17)11(2)8-13;13-11(14)9-7-5-3-1-2-4-6-8-10-12(15)16;8-7-5-3-1-2-4-6-7;7-5-3-1-2-4-6-8/h1-18H2,(H,21,22)(H,23,24);10-15H,3-9,16-17H2,1-2H3;1-10H2,(H,13,14)(H,15,16);1-6H2;1-8H2. The van der Waals surface area contributed by atoms with Crippen molar-refractivity contribution in [2.24, 2.45) is 46.6 Å².